The van der Waals surface area contributed by atoms with Gasteiger partial charge in [-0.1, -0.05) is 23.7 Å². The summed E-state index contributed by atoms with van der Waals surface area (Å²) in [4.78, 5) is 12.1. The van der Waals surface area contributed by atoms with Crippen molar-refractivity contribution in [1.82, 2.24) is 0 Å². The Morgan fingerprint density at radius 2 is 1.58 bits per heavy atom. The van der Waals surface area contributed by atoms with E-state index >= 15 is 0 Å². The molecule has 0 saturated heterocycles. The number of carbonyl (C=O) groups excluding carboxylic acids is 1. The number of esters is 1. The lowest BCUT2D eigenvalue weighted by atomic mass is 10.1. The van der Waals surface area contributed by atoms with Crippen LogP contribution in [0.2, 0.25) is 5.02 Å². The molecule has 0 spiro atoms. The molecule has 0 radical (unpaired) electrons. The predicted molar refractivity (Wildman–Crippen MR) is 101 cm³/mol. The van der Waals surface area contributed by atoms with E-state index in [9.17, 15) is 4.79 Å². The van der Waals surface area contributed by atoms with E-state index in [0.717, 1.165) is 11.1 Å². The minimum Gasteiger partial charge on any atom is -0.493 e. The standard InChI is InChI=1S/C20H21ClO5/c1-13(15-6-8-16(21)9-7-15)26-19(22)10-5-14-11-17(23-2)20(25-4)18(12-14)24-3/h5-13H,1-4H3/b10-5+/t13-/m1/s1. The predicted octanol–water partition coefficient (Wildman–Crippen LogP) is 4.68. The van der Waals surface area contributed by atoms with Gasteiger partial charge in [-0.25, -0.2) is 4.79 Å². The Hall–Kier alpha value is -2.66. The van der Waals surface area contributed by atoms with E-state index in [1.165, 1.54) is 27.4 Å². The molecule has 0 heterocycles. The van der Waals surface area contributed by atoms with Gasteiger partial charge in [0.15, 0.2) is 11.5 Å². The van der Waals surface area contributed by atoms with Crippen molar-refractivity contribution < 1.29 is 23.7 Å². The molecule has 0 aromatic heterocycles. The molecule has 0 bridgehead atoms. The van der Waals surface area contributed by atoms with E-state index in [4.69, 9.17) is 30.5 Å². The average Bonchev–Trinajstić information content (AvgIpc) is 2.65. The van der Waals surface area contributed by atoms with Gasteiger partial charge in [0.05, 0.1) is 21.3 Å². The molecule has 2 rings (SSSR count). The molecule has 0 saturated carbocycles. The second-order valence-electron chi connectivity index (χ2n) is 5.42. The third kappa shape index (κ3) is 4.92. The van der Waals surface area contributed by atoms with Crippen LogP contribution in [0.1, 0.15) is 24.2 Å². The highest BCUT2D eigenvalue weighted by molar-refractivity contribution is 6.30. The summed E-state index contributed by atoms with van der Waals surface area (Å²) in [7, 11) is 4.60. The summed E-state index contributed by atoms with van der Waals surface area (Å²) < 4.78 is 21.3. The van der Waals surface area contributed by atoms with Gasteiger partial charge in [-0.05, 0) is 48.4 Å². The number of hydrogen-bond donors (Lipinski definition) is 0. The van der Waals surface area contributed by atoms with Crippen molar-refractivity contribution in [2.24, 2.45) is 0 Å². The van der Waals surface area contributed by atoms with Crippen LogP contribution in [-0.4, -0.2) is 27.3 Å². The van der Waals surface area contributed by atoms with E-state index < -0.39 is 5.97 Å². The Morgan fingerprint density at radius 1 is 1.00 bits per heavy atom. The van der Waals surface area contributed by atoms with Crippen molar-refractivity contribution in [3.8, 4) is 17.2 Å². The molecule has 6 heteroatoms. The monoisotopic (exact) mass is 376 g/mol. The van der Waals surface area contributed by atoms with Crippen molar-refractivity contribution in [2.75, 3.05) is 21.3 Å². The SMILES string of the molecule is COc1cc(/C=C/C(=O)O[C@H](C)c2ccc(Cl)cc2)cc(OC)c1OC. The highest BCUT2D eigenvalue weighted by atomic mass is 35.5. The van der Waals surface area contributed by atoms with Crippen molar-refractivity contribution in [2.45, 2.75) is 13.0 Å². The summed E-state index contributed by atoms with van der Waals surface area (Å²) in [6.45, 7) is 1.80. The summed E-state index contributed by atoms with van der Waals surface area (Å²) in [6.07, 6.45) is 2.60. The Kier molecular flexibility index (Phi) is 6.92. The molecular weight excluding hydrogens is 356 g/mol. The Labute approximate surface area is 158 Å². The summed E-state index contributed by atoms with van der Waals surface area (Å²) in [5.74, 6) is 1.05. The molecule has 0 fully saturated rings. The van der Waals surface area contributed by atoms with Crippen molar-refractivity contribution in [3.63, 3.8) is 0 Å². The Balaban J connectivity index is 2.11. The molecule has 26 heavy (non-hydrogen) atoms. The first-order valence-electron chi connectivity index (χ1n) is 7.92. The zero-order valence-corrected chi connectivity index (χ0v) is 15.9. The smallest absolute Gasteiger partial charge is 0.331 e. The van der Waals surface area contributed by atoms with E-state index in [0.29, 0.717) is 22.3 Å². The van der Waals surface area contributed by atoms with Crippen molar-refractivity contribution in [1.29, 1.82) is 0 Å². The third-order valence-corrected chi connectivity index (χ3v) is 3.98. The average molecular weight is 377 g/mol. The summed E-state index contributed by atoms with van der Waals surface area (Å²) in [5.41, 5.74) is 1.58. The lowest BCUT2D eigenvalue weighted by molar-refractivity contribution is -0.142. The molecule has 0 aliphatic heterocycles. The first kappa shape index (κ1) is 19.7. The Bertz CT molecular complexity index is 758. The van der Waals surface area contributed by atoms with Gasteiger partial charge in [-0.15, -0.1) is 0 Å². The number of hydrogen-bond acceptors (Lipinski definition) is 5. The summed E-state index contributed by atoms with van der Waals surface area (Å²) in [6, 6.07) is 10.6. The van der Waals surface area contributed by atoms with Crippen LogP contribution in [0, 0.1) is 0 Å². The van der Waals surface area contributed by atoms with Gasteiger partial charge in [-0.2, -0.15) is 0 Å². The summed E-state index contributed by atoms with van der Waals surface area (Å²) in [5, 5.41) is 0.634. The number of ether oxygens (including phenoxy) is 4. The van der Waals surface area contributed by atoms with E-state index in [1.807, 2.05) is 12.1 Å². The van der Waals surface area contributed by atoms with Crippen LogP contribution in [0.4, 0.5) is 0 Å². The molecule has 138 valence electrons. The topological polar surface area (TPSA) is 54.0 Å². The zero-order valence-electron chi connectivity index (χ0n) is 15.1. The fraction of sp³-hybridized carbons (Fsp3) is 0.250. The minimum atomic E-state index is -0.457. The van der Waals surface area contributed by atoms with Crippen LogP contribution >= 0.6 is 11.6 Å². The van der Waals surface area contributed by atoms with Crippen molar-refractivity contribution >= 4 is 23.6 Å². The molecular formula is C20H21ClO5. The lowest BCUT2D eigenvalue weighted by Gasteiger charge is -2.13. The van der Waals surface area contributed by atoms with Crippen LogP contribution in [0.5, 0.6) is 17.2 Å². The first-order valence-corrected chi connectivity index (χ1v) is 8.30. The molecule has 0 aliphatic rings. The number of halogens is 1. The Morgan fingerprint density at radius 3 is 2.08 bits per heavy atom. The maximum atomic E-state index is 12.1. The number of carbonyl (C=O) groups is 1. The number of methoxy groups -OCH3 is 3. The molecule has 0 unspecified atom stereocenters. The lowest BCUT2D eigenvalue weighted by Crippen LogP contribution is -2.06. The van der Waals surface area contributed by atoms with Crippen LogP contribution in [0.15, 0.2) is 42.5 Å². The van der Waals surface area contributed by atoms with E-state index in [2.05, 4.69) is 0 Å². The zero-order chi connectivity index (χ0) is 19.1. The van der Waals surface area contributed by atoms with E-state index in [1.54, 1.807) is 37.3 Å². The number of benzene rings is 2. The number of rotatable bonds is 7. The van der Waals surface area contributed by atoms with Crippen LogP contribution < -0.4 is 14.2 Å². The van der Waals surface area contributed by atoms with Gasteiger partial charge in [0.2, 0.25) is 5.75 Å². The van der Waals surface area contributed by atoms with Gasteiger partial charge < -0.3 is 18.9 Å². The highest BCUT2D eigenvalue weighted by Gasteiger charge is 2.13. The van der Waals surface area contributed by atoms with E-state index in [-0.39, 0.29) is 6.10 Å². The van der Waals surface area contributed by atoms with Gasteiger partial charge in [0.25, 0.3) is 0 Å². The fourth-order valence-corrected chi connectivity index (χ4v) is 2.50. The third-order valence-electron chi connectivity index (χ3n) is 3.73. The minimum absolute atomic E-state index is 0.385. The maximum absolute atomic E-state index is 12.1. The molecule has 5 nitrogen and oxygen atoms in total. The molecule has 0 N–H and O–H groups in total. The summed E-state index contributed by atoms with van der Waals surface area (Å²) >= 11 is 5.86. The largest absolute Gasteiger partial charge is 0.493 e. The van der Waals surface area contributed by atoms with Gasteiger partial charge in [0.1, 0.15) is 6.10 Å². The fourth-order valence-electron chi connectivity index (χ4n) is 2.38. The van der Waals surface area contributed by atoms with Crippen LogP contribution in [-0.2, 0) is 9.53 Å². The molecule has 0 aliphatic carbocycles. The second kappa shape index (κ2) is 9.15. The highest BCUT2D eigenvalue weighted by Crippen LogP contribution is 2.38. The maximum Gasteiger partial charge on any atom is 0.331 e. The molecule has 2 aromatic rings. The normalized spacial score (nSPS) is 11.9. The second-order valence-corrected chi connectivity index (χ2v) is 5.86. The molecule has 0 amide bonds. The van der Waals surface area contributed by atoms with Gasteiger partial charge in [0, 0.05) is 11.1 Å². The van der Waals surface area contributed by atoms with Gasteiger partial charge >= 0.3 is 5.97 Å². The molecule has 1 atom stereocenters. The first-order chi connectivity index (χ1) is 12.5. The van der Waals surface area contributed by atoms with Crippen molar-refractivity contribution in [3.05, 3.63) is 58.6 Å². The van der Waals surface area contributed by atoms with Crippen LogP contribution in [0.3, 0.4) is 0 Å². The molecule has 2 aromatic carbocycles. The quantitative estimate of drug-likeness (QED) is 0.518. The van der Waals surface area contributed by atoms with Crippen LogP contribution in [0.25, 0.3) is 6.08 Å². The van der Waals surface area contributed by atoms with Gasteiger partial charge in [-0.3, -0.25) is 0 Å².